The average molecular weight is 367 g/mol. The van der Waals surface area contributed by atoms with Gasteiger partial charge in [-0.25, -0.2) is 0 Å². The number of rotatable bonds is 1. The Balaban J connectivity index is 0.00000169. The van der Waals surface area contributed by atoms with Gasteiger partial charge >= 0.3 is 0 Å². The fraction of sp³-hybridized carbons (Fsp3) is 0.667. The van der Waals surface area contributed by atoms with E-state index in [1.807, 2.05) is 0 Å². The van der Waals surface area contributed by atoms with Gasteiger partial charge in [-0.1, -0.05) is 20.4 Å². The van der Waals surface area contributed by atoms with Crippen molar-refractivity contribution < 1.29 is 30.5 Å². The van der Waals surface area contributed by atoms with E-state index >= 15 is 0 Å². The van der Waals surface area contributed by atoms with Gasteiger partial charge in [0.1, 0.15) is 5.90 Å². The van der Waals surface area contributed by atoms with Crippen LogP contribution in [0.15, 0.2) is 9.98 Å². The van der Waals surface area contributed by atoms with Crippen LogP contribution in [0.25, 0.3) is 0 Å². The Morgan fingerprint density at radius 2 is 1.93 bits per heavy atom. The molecule has 14 heavy (non-hydrogen) atoms. The average Bonchev–Trinajstić information content (AvgIpc) is 2.16. The molecule has 0 aromatic rings. The molecule has 1 aliphatic rings. The molecule has 0 bridgehead atoms. The summed E-state index contributed by atoms with van der Waals surface area (Å²) in [4.78, 5) is 8.45. The zero-order valence-electron chi connectivity index (χ0n) is 8.85. The zero-order valence-corrected chi connectivity index (χ0v) is 11.8. The van der Waals surface area contributed by atoms with Crippen LogP contribution in [0, 0.1) is 12.5 Å². The monoisotopic (exact) mass is 367 g/mol. The van der Waals surface area contributed by atoms with E-state index in [0.717, 1.165) is 0 Å². The van der Waals surface area contributed by atoms with Crippen molar-refractivity contribution in [3.05, 3.63) is 6.54 Å². The zero-order chi connectivity index (χ0) is 9.84. The Hall–Kier alpha value is -0.502. The predicted molar refractivity (Wildman–Crippen MR) is 51.8 cm³/mol. The summed E-state index contributed by atoms with van der Waals surface area (Å²) in [5.41, 5.74) is 0. The van der Waals surface area contributed by atoms with E-state index in [1.165, 1.54) is 0 Å². The second-order valence-corrected chi connectivity index (χ2v) is 3.16. The number of hydrogen-bond acceptors (Lipinski definition) is 4. The van der Waals surface area contributed by atoms with Crippen molar-refractivity contribution in [1.82, 2.24) is 0 Å². The first-order valence-electron chi connectivity index (χ1n) is 4.25. The van der Waals surface area contributed by atoms with Crippen LogP contribution in [0.3, 0.4) is 0 Å². The minimum Gasteiger partial charge on any atom is -0.566 e. The molecule has 0 unspecified atom stereocenters. The molecule has 1 heterocycles. The summed E-state index contributed by atoms with van der Waals surface area (Å²) < 4.78 is 10.1. The molecule has 0 fully saturated rings. The van der Waals surface area contributed by atoms with Crippen LogP contribution < -0.4 is 0 Å². The molecule has 0 saturated carbocycles. The molecule has 1 atom stereocenters. The van der Waals surface area contributed by atoms with E-state index in [0.29, 0.717) is 17.7 Å². The van der Waals surface area contributed by atoms with Crippen LogP contribution in [0.2, 0.25) is 0 Å². The minimum atomic E-state index is -0.0232. The molecule has 0 aromatic carbocycles. The van der Waals surface area contributed by atoms with Gasteiger partial charge < -0.3 is 14.5 Å². The summed E-state index contributed by atoms with van der Waals surface area (Å²) >= 11 is 0. The van der Waals surface area contributed by atoms with Crippen molar-refractivity contribution in [3.8, 4) is 0 Å². The molecule has 1 aliphatic heterocycles. The summed E-state index contributed by atoms with van der Waals surface area (Å²) in [5.74, 6) is 1.56. The van der Waals surface area contributed by atoms with Crippen molar-refractivity contribution in [2.24, 2.45) is 15.9 Å². The van der Waals surface area contributed by atoms with Crippen LogP contribution >= 0.6 is 0 Å². The first-order valence-corrected chi connectivity index (χ1v) is 4.25. The minimum absolute atomic E-state index is 0. The molecule has 0 saturated heterocycles. The van der Waals surface area contributed by atoms with E-state index in [2.05, 4.69) is 23.8 Å². The molecular weight excluding hydrogens is 352 g/mol. The maximum atomic E-state index is 5.11. The number of nitrogens with zero attached hydrogens (tertiary/aromatic N) is 2. The Kier molecular flexibility index (Phi) is 5.85. The molecule has 0 aromatic heterocycles. The van der Waals surface area contributed by atoms with E-state index in [1.54, 1.807) is 20.8 Å². The van der Waals surface area contributed by atoms with E-state index in [4.69, 9.17) is 9.47 Å². The van der Waals surface area contributed by atoms with Gasteiger partial charge in [-0.05, 0) is 5.92 Å². The summed E-state index contributed by atoms with van der Waals surface area (Å²) in [6.07, 6.45) is 0. The first-order chi connectivity index (χ1) is 6.19. The van der Waals surface area contributed by atoms with Gasteiger partial charge in [0.25, 0.3) is 0 Å². The van der Waals surface area contributed by atoms with Crippen LogP contribution in [0.1, 0.15) is 13.8 Å². The molecule has 0 aliphatic carbocycles. The quantitative estimate of drug-likeness (QED) is 0.656. The summed E-state index contributed by atoms with van der Waals surface area (Å²) in [6.45, 7) is 5.71. The number of methoxy groups -OCH3 is 2. The van der Waals surface area contributed by atoms with Crippen molar-refractivity contribution in [1.29, 1.82) is 0 Å². The Morgan fingerprint density at radius 1 is 1.29 bits per heavy atom. The van der Waals surface area contributed by atoms with Gasteiger partial charge in [0.15, 0.2) is 0 Å². The number of ether oxygens (including phenoxy) is 2. The fourth-order valence-corrected chi connectivity index (χ4v) is 1.13. The fourth-order valence-electron chi connectivity index (χ4n) is 1.13. The molecule has 0 N–H and O–H groups in total. The van der Waals surface area contributed by atoms with Gasteiger partial charge in [0, 0.05) is 21.1 Å². The van der Waals surface area contributed by atoms with E-state index in [-0.39, 0.29) is 27.1 Å². The van der Waals surface area contributed by atoms with Crippen molar-refractivity contribution >= 4 is 11.8 Å². The van der Waals surface area contributed by atoms with Crippen LogP contribution in [-0.2, 0) is 30.5 Å². The van der Waals surface area contributed by atoms with Gasteiger partial charge in [-0.2, -0.15) is 0 Å². The molecule has 5 heteroatoms. The van der Waals surface area contributed by atoms with Gasteiger partial charge in [-0.3, -0.25) is 4.99 Å². The summed E-state index contributed by atoms with van der Waals surface area (Å²) in [6, 6.07) is -0.0232. The normalized spacial score (nSPS) is 20.2. The van der Waals surface area contributed by atoms with Crippen LogP contribution in [0.5, 0.6) is 0 Å². The SMILES string of the molecule is COC1=N[C@H](C(C)C)C(OC)=N[CH-]1.[W]. The van der Waals surface area contributed by atoms with E-state index < -0.39 is 0 Å². The van der Waals surface area contributed by atoms with Gasteiger partial charge in [-0.15, -0.1) is 0 Å². The van der Waals surface area contributed by atoms with Gasteiger partial charge in [0.05, 0.1) is 26.2 Å². The molecule has 4 nitrogen and oxygen atoms in total. The molecule has 0 amide bonds. The summed E-state index contributed by atoms with van der Waals surface area (Å²) in [7, 11) is 3.19. The van der Waals surface area contributed by atoms with Gasteiger partial charge in [0.2, 0.25) is 0 Å². The summed E-state index contributed by atoms with van der Waals surface area (Å²) in [5, 5.41) is 0. The van der Waals surface area contributed by atoms with Crippen molar-refractivity contribution in [2.75, 3.05) is 14.2 Å². The van der Waals surface area contributed by atoms with Crippen LogP contribution in [-0.4, -0.2) is 32.1 Å². The molecular formula is C9H15N2O2W-. The molecule has 0 spiro atoms. The Morgan fingerprint density at radius 3 is 2.36 bits per heavy atom. The third kappa shape index (κ3) is 3.02. The van der Waals surface area contributed by atoms with Crippen molar-refractivity contribution in [3.63, 3.8) is 0 Å². The predicted octanol–water partition coefficient (Wildman–Crippen LogP) is 1.27. The maximum Gasteiger partial charge on any atom is 0.139 e. The van der Waals surface area contributed by atoms with Crippen molar-refractivity contribution in [2.45, 2.75) is 19.9 Å². The molecule has 0 radical (unpaired) electrons. The third-order valence-electron chi connectivity index (χ3n) is 1.87. The third-order valence-corrected chi connectivity index (χ3v) is 1.87. The molecule has 1 rings (SSSR count). The van der Waals surface area contributed by atoms with Crippen LogP contribution in [0.4, 0.5) is 0 Å². The first kappa shape index (κ1) is 13.5. The van der Waals surface area contributed by atoms with E-state index in [9.17, 15) is 0 Å². The number of aliphatic imine (C=N–C) groups is 2. The second kappa shape index (κ2) is 6.07. The Bertz CT molecular complexity index is 239. The standard InChI is InChI=1S/C9H15N2O2.W/c1-6(2)8-9(13-4)10-5-7(11-8)12-3;/h5-6,8H,1-4H3;/q-1;/t8-;/m1./s1. The number of hydrogen-bond donors (Lipinski definition) is 0. The largest absolute Gasteiger partial charge is 0.566 e. The smallest absolute Gasteiger partial charge is 0.139 e. The second-order valence-electron chi connectivity index (χ2n) is 3.16. The Labute approximate surface area is 99.1 Å². The molecule has 80 valence electrons. The maximum absolute atomic E-state index is 5.11. The topological polar surface area (TPSA) is 43.2 Å².